The number of aromatic hydroxyl groups is 1. The fraction of sp³-hybridized carbons (Fsp3) is 0.176. The number of fused-ring (bicyclic) bond motifs is 1. The Morgan fingerprint density at radius 2 is 1.91 bits per heavy atom. The molecule has 0 radical (unpaired) electrons. The second-order valence-corrected chi connectivity index (χ2v) is 6.72. The number of aromatic nitrogens is 4. The number of benzene rings is 1. The minimum absolute atomic E-state index is 0.132. The van der Waals surface area contributed by atoms with Gasteiger partial charge in [-0.25, -0.2) is 4.98 Å². The molecule has 1 aliphatic carbocycles. The highest BCUT2D eigenvalue weighted by Crippen LogP contribution is 2.32. The molecule has 0 spiro atoms. The average molecular weight is 322 g/mol. The first-order valence-electron chi connectivity index (χ1n) is 7.38. The topological polar surface area (TPSA) is 71.8 Å². The third kappa shape index (κ3) is 2.90. The van der Waals surface area contributed by atoms with Crippen LogP contribution in [0, 0.1) is 0 Å². The SMILES string of the molecule is Oc1cc2cnccc2cc1-c1ncc(SC2CC=CC2)nn1. The summed E-state index contributed by atoms with van der Waals surface area (Å²) in [6, 6.07) is 5.42. The third-order valence-corrected chi connectivity index (χ3v) is 4.94. The number of thioether (sulfide) groups is 1. The van der Waals surface area contributed by atoms with E-state index < -0.39 is 0 Å². The van der Waals surface area contributed by atoms with E-state index in [1.165, 1.54) is 0 Å². The number of hydrogen-bond donors (Lipinski definition) is 1. The number of phenolic OH excluding ortho intramolecular Hbond substituents is 1. The maximum atomic E-state index is 10.2. The number of rotatable bonds is 3. The van der Waals surface area contributed by atoms with Gasteiger partial charge >= 0.3 is 0 Å². The average Bonchev–Trinajstić information content (AvgIpc) is 3.08. The second-order valence-electron chi connectivity index (χ2n) is 5.39. The zero-order valence-electron chi connectivity index (χ0n) is 12.3. The Bertz CT molecular complexity index is 871. The highest BCUT2D eigenvalue weighted by atomic mass is 32.2. The molecule has 5 nitrogen and oxygen atoms in total. The molecule has 23 heavy (non-hydrogen) atoms. The number of nitrogens with zero attached hydrogens (tertiary/aromatic N) is 4. The molecule has 1 aromatic carbocycles. The summed E-state index contributed by atoms with van der Waals surface area (Å²) in [6.07, 6.45) is 11.7. The fourth-order valence-electron chi connectivity index (χ4n) is 2.60. The van der Waals surface area contributed by atoms with Crippen molar-refractivity contribution < 1.29 is 5.11 Å². The molecule has 1 N–H and O–H groups in total. The van der Waals surface area contributed by atoms with Crippen LogP contribution < -0.4 is 0 Å². The van der Waals surface area contributed by atoms with Gasteiger partial charge in [-0.3, -0.25) is 4.98 Å². The summed E-state index contributed by atoms with van der Waals surface area (Å²) in [5.41, 5.74) is 0.579. The Morgan fingerprint density at radius 1 is 1.04 bits per heavy atom. The monoisotopic (exact) mass is 322 g/mol. The van der Waals surface area contributed by atoms with E-state index in [9.17, 15) is 5.11 Å². The van der Waals surface area contributed by atoms with Crippen molar-refractivity contribution in [3.63, 3.8) is 0 Å². The second kappa shape index (κ2) is 5.96. The molecule has 0 fully saturated rings. The van der Waals surface area contributed by atoms with Crippen molar-refractivity contribution in [1.29, 1.82) is 0 Å². The zero-order chi connectivity index (χ0) is 15.6. The highest BCUT2D eigenvalue weighted by Gasteiger charge is 2.14. The van der Waals surface area contributed by atoms with E-state index in [-0.39, 0.29) is 5.75 Å². The lowest BCUT2D eigenvalue weighted by Gasteiger charge is -2.08. The maximum Gasteiger partial charge on any atom is 0.185 e. The van der Waals surface area contributed by atoms with E-state index in [4.69, 9.17) is 0 Å². The van der Waals surface area contributed by atoms with Crippen molar-refractivity contribution in [3.8, 4) is 17.1 Å². The van der Waals surface area contributed by atoms with Crippen LogP contribution in [0.1, 0.15) is 12.8 Å². The quantitative estimate of drug-likeness (QED) is 0.743. The van der Waals surface area contributed by atoms with Crippen molar-refractivity contribution in [3.05, 3.63) is 48.9 Å². The zero-order valence-corrected chi connectivity index (χ0v) is 13.1. The molecular weight excluding hydrogens is 308 g/mol. The van der Waals surface area contributed by atoms with Crippen molar-refractivity contribution in [2.75, 3.05) is 0 Å². The standard InChI is InChI=1S/C17H14N4OS/c22-15-8-12-9-18-6-5-11(12)7-14(15)17-19-10-16(20-21-17)23-13-3-1-2-4-13/h1-2,5-10,13,22H,3-4H2. The van der Waals surface area contributed by atoms with Gasteiger partial charge in [0.1, 0.15) is 10.8 Å². The first kappa shape index (κ1) is 14.1. The normalized spacial score (nSPS) is 14.6. The summed E-state index contributed by atoms with van der Waals surface area (Å²) < 4.78 is 0. The van der Waals surface area contributed by atoms with Crippen LogP contribution in [0.2, 0.25) is 0 Å². The van der Waals surface area contributed by atoms with Gasteiger partial charge < -0.3 is 5.11 Å². The lowest BCUT2D eigenvalue weighted by molar-refractivity contribution is 0.477. The molecule has 6 heteroatoms. The van der Waals surface area contributed by atoms with Gasteiger partial charge in [0.05, 0.1) is 11.8 Å². The van der Waals surface area contributed by atoms with Crippen LogP contribution in [-0.4, -0.2) is 30.5 Å². The molecule has 0 saturated carbocycles. The minimum Gasteiger partial charge on any atom is -0.507 e. The summed E-state index contributed by atoms with van der Waals surface area (Å²) in [5.74, 6) is 0.558. The predicted molar refractivity (Wildman–Crippen MR) is 90.2 cm³/mol. The van der Waals surface area contributed by atoms with Gasteiger partial charge in [0, 0.05) is 23.0 Å². The molecular formula is C17H14N4OS. The van der Waals surface area contributed by atoms with E-state index in [0.717, 1.165) is 28.6 Å². The molecule has 4 rings (SSSR count). The minimum atomic E-state index is 0.132. The maximum absolute atomic E-state index is 10.2. The molecule has 0 unspecified atom stereocenters. The van der Waals surface area contributed by atoms with Crippen LogP contribution in [0.3, 0.4) is 0 Å². The molecule has 1 aliphatic rings. The summed E-state index contributed by atoms with van der Waals surface area (Å²) >= 11 is 1.69. The molecule has 0 aliphatic heterocycles. The Hall–Kier alpha value is -2.47. The van der Waals surface area contributed by atoms with Crippen LogP contribution in [-0.2, 0) is 0 Å². The van der Waals surface area contributed by atoms with Crippen LogP contribution in [0.25, 0.3) is 22.2 Å². The molecule has 0 bridgehead atoms. The van der Waals surface area contributed by atoms with Gasteiger partial charge in [0.15, 0.2) is 5.82 Å². The first-order chi connectivity index (χ1) is 11.3. The van der Waals surface area contributed by atoms with Crippen LogP contribution >= 0.6 is 11.8 Å². The summed E-state index contributed by atoms with van der Waals surface area (Å²) in [4.78, 5) is 8.42. The number of phenols is 1. The van der Waals surface area contributed by atoms with Gasteiger partial charge in [0.2, 0.25) is 0 Å². The Morgan fingerprint density at radius 3 is 2.70 bits per heavy atom. The Balaban J connectivity index is 1.63. The molecule has 114 valence electrons. The van der Waals surface area contributed by atoms with Gasteiger partial charge in [-0.1, -0.05) is 23.9 Å². The molecule has 2 aromatic heterocycles. The molecule has 0 amide bonds. The summed E-state index contributed by atoms with van der Waals surface area (Å²) in [7, 11) is 0. The Labute approximate surface area is 137 Å². The highest BCUT2D eigenvalue weighted by molar-refractivity contribution is 7.99. The third-order valence-electron chi connectivity index (χ3n) is 3.79. The Kier molecular flexibility index (Phi) is 3.67. The smallest absolute Gasteiger partial charge is 0.185 e. The number of pyridine rings is 1. The largest absolute Gasteiger partial charge is 0.507 e. The van der Waals surface area contributed by atoms with E-state index >= 15 is 0 Å². The number of hydrogen-bond acceptors (Lipinski definition) is 6. The van der Waals surface area contributed by atoms with Gasteiger partial charge in [-0.15, -0.1) is 10.2 Å². The summed E-state index contributed by atoms with van der Waals surface area (Å²) in [5, 5.41) is 21.8. The summed E-state index contributed by atoms with van der Waals surface area (Å²) in [6.45, 7) is 0. The van der Waals surface area contributed by atoms with Crippen molar-refractivity contribution in [2.45, 2.75) is 23.1 Å². The van der Waals surface area contributed by atoms with Crippen LogP contribution in [0.15, 0.2) is 54.0 Å². The van der Waals surface area contributed by atoms with E-state index in [1.807, 2.05) is 12.1 Å². The molecule has 0 saturated heterocycles. The lowest BCUT2D eigenvalue weighted by atomic mass is 10.1. The fourth-order valence-corrected chi connectivity index (χ4v) is 3.56. The first-order valence-corrected chi connectivity index (χ1v) is 8.26. The molecule has 2 heterocycles. The van der Waals surface area contributed by atoms with Gasteiger partial charge in [-0.05, 0) is 36.4 Å². The van der Waals surface area contributed by atoms with Gasteiger partial charge in [-0.2, -0.15) is 0 Å². The molecule has 0 atom stereocenters. The predicted octanol–water partition coefficient (Wildman–Crippen LogP) is 3.60. The van der Waals surface area contributed by atoms with Crippen molar-refractivity contribution in [2.24, 2.45) is 0 Å². The molecule has 3 aromatic rings. The van der Waals surface area contributed by atoms with Crippen LogP contribution in [0.4, 0.5) is 0 Å². The van der Waals surface area contributed by atoms with E-state index in [2.05, 4.69) is 32.3 Å². The van der Waals surface area contributed by atoms with E-state index in [0.29, 0.717) is 16.6 Å². The van der Waals surface area contributed by atoms with Crippen LogP contribution in [0.5, 0.6) is 5.75 Å². The lowest BCUT2D eigenvalue weighted by Crippen LogP contribution is -1.99. The van der Waals surface area contributed by atoms with Crippen molar-refractivity contribution in [1.82, 2.24) is 20.2 Å². The number of allylic oxidation sites excluding steroid dienone is 2. The van der Waals surface area contributed by atoms with Gasteiger partial charge in [0.25, 0.3) is 0 Å². The van der Waals surface area contributed by atoms with Crippen molar-refractivity contribution >= 4 is 22.5 Å². The van der Waals surface area contributed by atoms with E-state index in [1.54, 1.807) is 36.4 Å².